The minimum atomic E-state index is 0.213. The molecule has 0 saturated heterocycles. The summed E-state index contributed by atoms with van der Waals surface area (Å²) < 4.78 is 11.0. The Bertz CT molecular complexity index is 354. The Morgan fingerprint density at radius 2 is 2.05 bits per heavy atom. The van der Waals surface area contributed by atoms with E-state index in [4.69, 9.17) is 9.47 Å². The SMILES string of the molecule is CCCC(C)NCC(C)OCc1cccc(OC)c1. The largest absolute Gasteiger partial charge is 0.497 e. The fourth-order valence-electron chi connectivity index (χ4n) is 1.96. The lowest BCUT2D eigenvalue weighted by molar-refractivity contribution is 0.0514. The van der Waals surface area contributed by atoms with E-state index < -0.39 is 0 Å². The summed E-state index contributed by atoms with van der Waals surface area (Å²) in [5, 5.41) is 3.49. The van der Waals surface area contributed by atoms with Gasteiger partial charge in [-0.05, 0) is 38.0 Å². The van der Waals surface area contributed by atoms with Gasteiger partial charge < -0.3 is 14.8 Å². The van der Waals surface area contributed by atoms with E-state index >= 15 is 0 Å². The minimum Gasteiger partial charge on any atom is -0.497 e. The Balaban J connectivity index is 2.27. The quantitative estimate of drug-likeness (QED) is 0.742. The second-order valence-corrected chi connectivity index (χ2v) is 5.07. The van der Waals surface area contributed by atoms with Crippen LogP contribution in [0.3, 0.4) is 0 Å². The molecule has 19 heavy (non-hydrogen) atoms. The molecule has 3 nitrogen and oxygen atoms in total. The van der Waals surface area contributed by atoms with Crippen molar-refractivity contribution in [3.05, 3.63) is 29.8 Å². The normalized spacial score (nSPS) is 14.1. The summed E-state index contributed by atoms with van der Waals surface area (Å²) in [5.41, 5.74) is 1.15. The first-order valence-corrected chi connectivity index (χ1v) is 7.13. The first kappa shape index (κ1) is 16.0. The first-order chi connectivity index (χ1) is 9.15. The molecular formula is C16H27NO2. The third-order valence-corrected chi connectivity index (χ3v) is 3.14. The lowest BCUT2D eigenvalue weighted by Crippen LogP contribution is -2.33. The molecule has 0 heterocycles. The maximum absolute atomic E-state index is 5.84. The Morgan fingerprint density at radius 3 is 2.74 bits per heavy atom. The van der Waals surface area contributed by atoms with Gasteiger partial charge in [0.2, 0.25) is 0 Å². The molecular weight excluding hydrogens is 238 g/mol. The van der Waals surface area contributed by atoms with Crippen LogP contribution in [0.15, 0.2) is 24.3 Å². The van der Waals surface area contributed by atoms with E-state index in [2.05, 4.69) is 32.2 Å². The maximum atomic E-state index is 5.84. The second-order valence-electron chi connectivity index (χ2n) is 5.07. The molecule has 1 aromatic carbocycles. The van der Waals surface area contributed by atoms with Gasteiger partial charge in [0.05, 0.1) is 19.8 Å². The highest BCUT2D eigenvalue weighted by molar-refractivity contribution is 5.27. The smallest absolute Gasteiger partial charge is 0.119 e. The van der Waals surface area contributed by atoms with Crippen molar-refractivity contribution in [3.8, 4) is 5.75 Å². The average molecular weight is 265 g/mol. The van der Waals surface area contributed by atoms with Crippen LogP contribution in [-0.2, 0) is 11.3 Å². The molecule has 3 heteroatoms. The molecule has 0 aliphatic heterocycles. The van der Waals surface area contributed by atoms with Crippen LogP contribution in [0.1, 0.15) is 39.2 Å². The van der Waals surface area contributed by atoms with Gasteiger partial charge in [-0.2, -0.15) is 0 Å². The summed E-state index contributed by atoms with van der Waals surface area (Å²) in [4.78, 5) is 0. The fourth-order valence-corrected chi connectivity index (χ4v) is 1.96. The van der Waals surface area contributed by atoms with Crippen molar-refractivity contribution in [2.45, 2.75) is 52.4 Å². The summed E-state index contributed by atoms with van der Waals surface area (Å²) in [6, 6.07) is 8.57. The Morgan fingerprint density at radius 1 is 1.26 bits per heavy atom. The molecule has 0 amide bonds. The molecule has 1 N–H and O–H groups in total. The Kier molecular flexibility index (Phi) is 7.53. The molecule has 1 aromatic rings. The second kappa shape index (κ2) is 8.94. The summed E-state index contributed by atoms with van der Waals surface area (Å²) in [6.45, 7) is 8.05. The summed E-state index contributed by atoms with van der Waals surface area (Å²) in [6.07, 6.45) is 2.64. The van der Waals surface area contributed by atoms with Crippen molar-refractivity contribution in [2.75, 3.05) is 13.7 Å². The third-order valence-electron chi connectivity index (χ3n) is 3.14. The third kappa shape index (κ3) is 6.60. The van der Waals surface area contributed by atoms with E-state index in [-0.39, 0.29) is 6.10 Å². The van der Waals surface area contributed by atoms with Gasteiger partial charge in [-0.3, -0.25) is 0 Å². The van der Waals surface area contributed by atoms with Crippen LogP contribution >= 0.6 is 0 Å². The van der Waals surface area contributed by atoms with Crippen LogP contribution in [0, 0.1) is 0 Å². The fraction of sp³-hybridized carbons (Fsp3) is 0.625. The van der Waals surface area contributed by atoms with Gasteiger partial charge in [-0.25, -0.2) is 0 Å². The van der Waals surface area contributed by atoms with Crippen LogP contribution < -0.4 is 10.1 Å². The highest BCUT2D eigenvalue weighted by Crippen LogP contribution is 2.13. The van der Waals surface area contributed by atoms with Crippen LogP contribution in [0.2, 0.25) is 0 Å². The molecule has 2 atom stereocenters. The van der Waals surface area contributed by atoms with Crippen molar-refractivity contribution in [2.24, 2.45) is 0 Å². The zero-order valence-corrected chi connectivity index (χ0v) is 12.6. The molecule has 0 aromatic heterocycles. The standard InChI is InChI=1S/C16H27NO2/c1-5-7-13(2)17-11-14(3)19-12-15-8-6-9-16(10-15)18-4/h6,8-10,13-14,17H,5,7,11-12H2,1-4H3. The summed E-state index contributed by atoms with van der Waals surface area (Å²) in [5.74, 6) is 0.878. The van der Waals surface area contributed by atoms with Crippen molar-refractivity contribution in [1.29, 1.82) is 0 Å². The summed E-state index contributed by atoms with van der Waals surface area (Å²) in [7, 11) is 1.68. The Labute approximate surface area is 117 Å². The Hall–Kier alpha value is -1.06. The van der Waals surface area contributed by atoms with Gasteiger partial charge in [-0.1, -0.05) is 25.5 Å². The maximum Gasteiger partial charge on any atom is 0.119 e. The van der Waals surface area contributed by atoms with E-state index in [0.717, 1.165) is 17.9 Å². The molecule has 108 valence electrons. The predicted molar refractivity (Wildman–Crippen MR) is 79.6 cm³/mol. The van der Waals surface area contributed by atoms with Crippen LogP contribution in [0.5, 0.6) is 5.75 Å². The molecule has 0 aliphatic carbocycles. The lowest BCUT2D eigenvalue weighted by atomic mass is 10.2. The van der Waals surface area contributed by atoms with Crippen molar-refractivity contribution in [3.63, 3.8) is 0 Å². The monoisotopic (exact) mass is 265 g/mol. The van der Waals surface area contributed by atoms with Gasteiger partial charge in [0.25, 0.3) is 0 Å². The predicted octanol–water partition coefficient (Wildman–Crippen LogP) is 3.38. The lowest BCUT2D eigenvalue weighted by Gasteiger charge is -2.18. The van der Waals surface area contributed by atoms with Gasteiger partial charge >= 0.3 is 0 Å². The molecule has 0 bridgehead atoms. The van der Waals surface area contributed by atoms with E-state index in [9.17, 15) is 0 Å². The van der Waals surface area contributed by atoms with Gasteiger partial charge in [0.15, 0.2) is 0 Å². The van der Waals surface area contributed by atoms with Crippen molar-refractivity contribution >= 4 is 0 Å². The molecule has 0 spiro atoms. The number of methoxy groups -OCH3 is 1. The zero-order chi connectivity index (χ0) is 14.1. The average Bonchev–Trinajstić information content (AvgIpc) is 2.43. The van der Waals surface area contributed by atoms with E-state index in [1.54, 1.807) is 7.11 Å². The molecule has 0 aliphatic rings. The minimum absolute atomic E-state index is 0.213. The number of benzene rings is 1. The number of hydrogen-bond donors (Lipinski definition) is 1. The van der Waals surface area contributed by atoms with Crippen molar-refractivity contribution in [1.82, 2.24) is 5.32 Å². The van der Waals surface area contributed by atoms with E-state index in [1.807, 2.05) is 18.2 Å². The van der Waals surface area contributed by atoms with Crippen LogP contribution in [0.4, 0.5) is 0 Å². The molecule has 0 saturated carbocycles. The topological polar surface area (TPSA) is 30.5 Å². The summed E-state index contributed by atoms with van der Waals surface area (Å²) >= 11 is 0. The van der Waals surface area contributed by atoms with E-state index in [0.29, 0.717) is 12.6 Å². The molecule has 1 rings (SSSR count). The van der Waals surface area contributed by atoms with Gasteiger partial charge in [0.1, 0.15) is 5.75 Å². The first-order valence-electron chi connectivity index (χ1n) is 7.13. The molecule has 0 radical (unpaired) electrons. The number of hydrogen-bond acceptors (Lipinski definition) is 3. The molecule has 0 fully saturated rings. The highest BCUT2D eigenvalue weighted by atomic mass is 16.5. The number of nitrogens with one attached hydrogen (secondary N) is 1. The number of ether oxygens (including phenoxy) is 2. The molecule has 2 unspecified atom stereocenters. The van der Waals surface area contributed by atoms with Crippen LogP contribution in [-0.4, -0.2) is 25.8 Å². The van der Waals surface area contributed by atoms with E-state index in [1.165, 1.54) is 12.8 Å². The van der Waals surface area contributed by atoms with Gasteiger partial charge in [0, 0.05) is 12.6 Å². The van der Waals surface area contributed by atoms with Crippen molar-refractivity contribution < 1.29 is 9.47 Å². The van der Waals surface area contributed by atoms with Crippen LogP contribution in [0.25, 0.3) is 0 Å². The van der Waals surface area contributed by atoms with Gasteiger partial charge in [-0.15, -0.1) is 0 Å². The number of rotatable bonds is 9. The zero-order valence-electron chi connectivity index (χ0n) is 12.6. The highest BCUT2D eigenvalue weighted by Gasteiger charge is 2.06.